The molecule has 1 aliphatic carbocycles. The Balaban J connectivity index is 2.22. The van der Waals surface area contributed by atoms with Crippen molar-refractivity contribution in [2.75, 3.05) is 13.2 Å². The van der Waals surface area contributed by atoms with E-state index in [0.717, 1.165) is 24.0 Å². The molecular weight excluding hydrogens is 208 g/mol. The Labute approximate surface area is 92.2 Å². The number of cyclic esters (lactones) is 2. The van der Waals surface area contributed by atoms with Gasteiger partial charge in [0.1, 0.15) is 13.2 Å². The molecule has 0 fully saturated rings. The third kappa shape index (κ3) is 1.23. The molecule has 0 radical (unpaired) electrons. The van der Waals surface area contributed by atoms with Gasteiger partial charge < -0.3 is 9.47 Å². The van der Waals surface area contributed by atoms with Crippen LogP contribution in [-0.4, -0.2) is 25.2 Å². The van der Waals surface area contributed by atoms with Gasteiger partial charge in [0.05, 0.1) is 11.1 Å². The summed E-state index contributed by atoms with van der Waals surface area (Å²) >= 11 is 0. The van der Waals surface area contributed by atoms with Gasteiger partial charge in [0.25, 0.3) is 0 Å². The Morgan fingerprint density at radius 2 is 1.69 bits per heavy atom. The summed E-state index contributed by atoms with van der Waals surface area (Å²) in [4.78, 5) is 23.5. The molecule has 0 saturated carbocycles. The van der Waals surface area contributed by atoms with E-state index in [-0.39, 0.29) is 25.2 Å². The number of esters is 2. The van der Waals surface area contributed by atoms with E-state index < -0.39 is 0 Å². The molecule has 0 aromatic heterocycles. The molecule has 1 heterocycles. The Morgan fingerprint density at radius 3 is 2.50 bits per heavy atom. The van der Waals surface area contributed by atoms with Crippen molar-refractivity contribution in [2.24, 2.45) is 0 Å². The lowest BCUT2D eigenvalue weighted by Gasteiger charge is -2.05. The van der Waals surface area contributed by atoms with Crippen molar-refractivity contribution >= 4 is 11.9 Å². The number of rotatable bonds is 0. The highest BCUT2D eigenvalue weighted by Crippen LogP contribution is 2.30. The van der Waals surface area contributed by atoms with E-state index in [4.69, 9.17) is 9.47 Å². The van der Waals surface area contributed by atoms with Crippen LogP contribution in [0.5, 0.6) is 0 Å². The molecule has 82 valence electrons. The maximum Gasteiger partial charge on any atom is 0.338 e. The monoisotopic (exact) mass is 218 g/mol. The predicted octanol–water partition coefficient (Wildman–Crippen LogP) is 1.11. The van der Waals surface area contributed by atoms with Crippen LogP contribution < -0.4 is 0 Å². The summed E-state index contributed by atoms with van der Waals surface area (Å²) in [7, 11) is 0. The Bertz CT molecular complexity index is 490. The van der Waals surface area contributed by atoms with Gasteiger partial charge in [0.15, 0.2) is 0 Å². The summed E-state index contributed by atoms with van der Waals surface area (Å²) in [5, 5.41) is 0. The second-order valence-electron chi connectivity index (χ2n) is 3.90. The van der Waals surface area contributed by atoms with Crippen LogP contribution in [0.3, 0.4) is 0 Å². The van der Waals surface area contributed by atoms with E-state index in [2.05, 4.69) is 0 Å². The molecule has 0 atom stereocenters. The van der Waals surface area contributed by atoms with E-state index in [1.54, 1.807) is 6.07 Å². The zero-order chi connectivity index (χ0) is 11.1. The minimum atomic E-state index is -0.358. The summed E-state index contributed by atoms with van der Waals surface area (Å²) in [6.07, 6.45) is 1.52. The molecule has 1 aliphatic heterocycles. The minimum absolute atomic E-state index is 0.123. The van der Waals surface area contributed by atoms with Crippen LogP contribution in [0.2, 0.25) is 0 Å². The molecule has 0 spiro atoms. The van der Waals surface area contributed by atoms with Crippen molar-refractivity contribution in [1.29, 1.82) is 0 Å². The lowest BCUT2D eigenvalue weighted by atomic mass is 10.0. The molecular formula is C12H10O4. The van der Waals surface area contributed by atoms with Crippen molar-refractivity contribution < 1.29 is 19.1 Å². The summed E-state index contributed by atoms with van der Waals surface area (Å²) < 4.78 is 10.0. The molecule has 16 heavy (non-hydrogen) atoms. The molecule has 0 saturated heterocycles. The van der Waals surface area contributed by atoms with Crippen molar-refractivity contribution in [1.82, 2.24) is 0 Å². The average molecular weight is 218 g/mol. The topological polar surface area (TPSA) is 52.6 Å². The smallest absolute Gasteiger partial charge is 0.338 e. The van der Waals surface area contributed by atoms with E-state index in [0.29, 0.717) is 11.1 Å². The van der Waals surface area contributed by atoms with E-state index >= 15 is 0 Å². The quantitative estimate of drug-likeness (QED) is 0.612. The highest BCUT2D eigenvalue weighted by Gasteiger charge is 2.29. The largest absolute Gasteiger partial charge is 0.458 e. The summed E-state index contributed by atoms with van der Waals surface area (Å²) in [6.45, 7) is 0.250. The Kier molecular flexibility index (Phi) is 1.96. The van der Waals surface area contributed by atoms with Gasteiger partial charge in [0.2, 0.25) is 0 Å². The number of carbonyl (C=O) groups is 2. The third-order valence-electron chi connectivity index (χ3n) is 3.02. The standard InChI is InChI=1S/C12H10O4/c13-11-9-4-2-7-1-3-8(9)10(7)12(14)16-6-5-15-11/h2,4H,1,3,5-6H2. The number of ether oxygens (including phenoxy) is 2. The van der Waals surface area contributed by atoms with Crippen LogP contribution in [0.1, 0.15) is 31.8 Å². The third-order valence-corrected chi connectivity index (χ3v) is 3.02. The fourth-order valence-electron chi connectivity index (χ4n) is 2.29. The molecule has 4 nitrogen and oxygen atoms in total. The van der Waals surface area contributed by atoms with Crippen LogP contribution in [0, 0.1) is 0 Å². The van der Waals surface area contributed by atoms with Gasteiger partial charge in [0, 0.05) is 0 Å². The highest BCUT2D eigenvalue weighted by atomic mass is 16.6. The molecule has 1 aromatic rings. The van der Waals surface area contributed by atoms with Gasteiger partial charge in [-0.25, -0.2) is 9.59 Å². The van der Waals surface area contributed by atoms with Crippen LogP contribution in [-0.2, 0) is 22.3 Å². The normalized spacial score (nSPS) is 18.2. The van der Waals surface area contributed by atoms with Gasteiger partial charge in [-0.2, -0.15) is 0 Å². The molecule has 1 aromatic carbocycles. The number of aryl methyl sites for hydroxylation is 1. The second-order valence-corrected chi connectivity index (χ2v) is 3.90. The lowest BCUT2D eigenvalue weighted by Crippen LogP contribution is -2.11. The number of benzene rings is 1. The molecule has 0 N–H and O–H groups in total. The van der Waals surface area contributed by atoms with Crippen molar-refractivity contribution in [2.45, 2.75) is 12.8 Å². The number of hydrogen-bond acceptors (Lipinski definition) is 4. The zero-order valence-electron chi connectivity index (χ0n) is 8.62. The lowest BCUT2D eigenvalue weighted by molar-refractivity contribution is 0.0276. The maximum absolute atomic E-state index is 11.8. The van der Waals surface area contributed by atoms with Gasteiger partial charge in [-0.15, -0.1) is 0 Å². The first-order chi connectivity index (χ1) is 7.77. The first-order valence-electron chi connectivity index (χ1n) is 5.26. The number of hydrogen-bond donors (Lipinski definition) is 0. The average Bonchev–Trinajstić information content (AvgIpc) is 2.58. The van der Waals surface area contributed by atoms with E-state index in [9.17, 15) is 9.59 Å². The molecule has 0 amide bonds. The highest BCUT2D eigenvalue weighted by molar-refractivity contribution is 6.00. The second kappa shape index (κ2) is 3.33. The first kappa shape index (κ1) is 9.39. The molecule has 3 rings (SSSR count). The van der Waals surface area contributed by atoms with Crippen LogP contribution in [0.25, 0.3) is 0 Å². The van der Waals surface area contributed by atoms with Gasteiger partial charge in [-0.1, -0.05) is 6.07 Å². The van der Waals surface area contributed by atoms with Gasteiger partial charge in [-0.05, 0) is 30.0 Å². The zero-order valence-corrected chi connectivity index (χ0v) is 8.62. The summed E-state index contributed by atoms with van der Waals surface area (Å²) in [5.41, 5.74) is 2.85. The van der Waals surface area contributed by atoms with Crippen molar-refractivity contribution in [3.8, 4) is 0 Å². The van der Waals surface area contributed by atoms with Crippen LogP contribution in [0.15, 0.2) is 12.1 Å². The summed E-state index contributed by atoms with van der Waals surface area (Å²) in [6, 6.07) is 3.55. The molecule has 4 heteroatoms. The maximum atomic E-state index is 11.8. The molecule has 0 unspecified atom stereocenters. The van der Waals surface area contributed by atoms with Crippen molar-refractivity contribution in [3.63, 3.8) is 0 Å². The molecule has 4 bridgehead atoms. The minimum Gasteiger partial charge on any atom is -0.458 e. The first-order valence-corrected chi connectivity index (χ1v) is 5.26. The predicted molar refractivity (Wildman–Crippen MR) is 54.4 cm³/mol. The summed E-state index contributed by atoms with van der Waals surface area (Å²) in [5.74, 6) is -0.689. The Hall–Kier alpha value is -1.84. The molecule has 2 aliphatic rings. The van der Waals surface area contributed by atoms with Crippen molar-refractivity contribution in [3.05, 3.63) is 34.4 Å². The Morgan fingerprint density at radius 1 is 0.938 bits per heavy atom. The van der Waals surface area contributed by atoms with E-state index in [1.807, 2.05) is 6.07 Å². The SMILES string of the molecule is O=C1OCCOC(=O)c2c3ccc1c2CC3. The van der Waals surface area contributed by atoms with Crippen LogP contribution in [0.4, 0.5) is 0 Å². The fraction of sp³-hybridized carbons (Fsp3) is 0.333. The van der Waals surface area contributed by atoms with E-state index in [1.165, 1.54) is 0 Å². The van der Waals surface area contributed by atoms with Gasteiger partial charge in [-0.3, -0.25) is 0 Å². The number of carbonyl (C=O) groups excluding carboxylic acids is 2. The van der Waals surface area contributed by atoms with Crippen LogP contribution >= 0.6 is 0 Å². The fourth-order valence-corrected chi connectivity index (χ4v) is 2.29. The van der Waals surface area contributed by atoms with Gasteiger partial charge >= 0.3 is 11.9 Å².